The zero-order valence-corrected chi connectivity index (χ0v) is 17.4. The Morgan fingerprint density at radius 3 is 2.52 bits per heavy atom. The first-order chi connectivity index (χ1) is 12.7. The van der Waals surface area contributed by atoms with E-state index in [1.54, 1.807) is 0 Å². The van der Waals surface area contributed by atoms with Gasteiger partial charge >= 0.3 is 0 Å². The molecular formula is C23H34O4. The molecule has 4 heteroatoms. The number of fused-ring (bicyclic) bond motifs is 3. The number of carbonyl (C=O) groups is 2. The number of aliphatic hydroxyl groups excluding tert-OH is 1. The maximum absolute atomic E-state index is 12.2. The summed E-state index contributed by atoms with van der Waals surface area (Å²) in [6.45, 7) is 11.1. The zero-order chi connectivity index (χ0) is 20.0. The number of hydrogen-bond acceptors (Lipinski definition) is 4. The lowest BCUT2D eigenvalue weighted by Crippen LogP contribution is -2.58. The number of Topliss-reactive ketones (excluding diaryl/α,β-unsaturated/α-hetero) is 1. The van der Waals surface area contributed by atoms with E-state index in [2.05, 4.69) is 26.8 Å². The summed E-state index contributed by atoms with van der Waals surface area (Å²) in [6, 6.07) is 0. The Balaban J connectivity index is 0.00000102. The van der Waals surface area contributed by atoms with Crippen LogP contribution in [0.1, 0.15) is 79.6 Å². The molecule has 0 radical (unpaired) electrons. The van der Waals surface area contributed by atoms with E-state index in [-0.39, 0.29) is 22.8 Å². The third kappa shape index (κ3) is 2.83. The van der Waals surface area contributed by atoms with Crippen molar-refractivity contribution in [2.75, 3.05) is 0 Å². The Morgan fingerprint density at radius 2 is 1.85 bits per heavy atom. The predicted molar refractivity (Wildman–Crippen MR) is 105 cm³/mol. The molecule has 3 aliphatic carbocycles. The van der Waals surface area contributed by atoms with Gasteiger partial charge in [0.1, 0.15) is 23.0 Å². The molecule has 1 spiro atoms. The van der Waals surface area contributed by atoms with Crippen molar-refractivity contribution in [1.82, 2.24) is 0 Å². The third-order valence-corrected chi connectivity index (χ3v) is 7.56. The summed E-state index contributed by atoms with van der Waals surface area (Å²) in [6.07, 6.45) is 8.59. The van der Waals surface area contributed by atoms with Gasteiger partial charge in [-0.1, -0.05) is 41.0 Å². The van der Waals surface area contributed by atoms with Crippen LogP contribution in [0.2, 0.25) is 0 Å². The van der Waals surface area contributed by atoms with Gasteiger partial charge in [0, 0.05) is 11.8 Å². The predicted octanol–water partition coefficient (Wildman–Crippen LogP) is 4.51. The van der Waals surface area contributed by atoms with Gasteiger partial charge in [-0.3, -0.25) is 9.59 Å². The van der Waals surface area contributed by atoms with Gasteiger partial charge < -0.3 is 9.84 Å². The van der Waals surface area contributed by atoms with E-state index in [1.165, 1.54) is 19.3 Å². The summed E-state index contributed by atoms with van der Waals surface area (Å²) in [4.78, 5) is 23.7. The van der Waals surface area contributed by atoms with Gasteiger partial charge in [0.2, 0.25) is 0 Å². The molecule has 4 atom stereocenters. The molecule has 27 heavy (non-hydrogen) atoms. The summed E-state index contributed by atoms with van der Waals surface area (Å²) in [5, 5.41) is 10.1. The highest BCUT2D eigenvalue weighted by atomic mass is 16.5. The van der Waals surface area contributed by atoms with Crippen molar-refractivity contribution in [2.45, 2.75) is 91.3 Å². The number of ether oxygens (including phenoxy) is 1. The van der Waals surface area contributed by atoms with Crippen LogP contribution in [0.4, 0.5) is 0 Å². The normalized spacial score (nSPS) is 39.6. The molecule has 2 saturated carbocycles. The standard InChI is InChI=1S/C21H28O4.C2H6/c1-19(2)7-5-8-20(3)16(19)6-4-9-21(20)11-13-10-15(23)17(24)14(12-22)18(13)25-21;1-2/h11-12,15-16,23H,4-10H2,1-3H3;1-2H3. The molecule has 4 rings (SSSR count). The van der Waals surface area contributed by atoms with Crippen LogP contribution in [-0.4, -0.2) is 28.9 Å². The highest BCUT2D eigenvalue weighted by Gasteiger charge is 2.62. The van der Waals surface area contributed by atoms with E-state index in [4.69, 9.17) is 4.74 Å². The lowest BCUT2D eigenvalue weighted by atomic mass is 9.47. The summed E-state index contributed by atoms with van der Waals surface area (Å²) < 4.78 is 6.51. The van der Waals surface area contributed by atoms with Gasteiger partial charge in [-0.15, -0.1) is 0 Å². The van der Waals surface area contributed by atoms with E-state index in [1.807, 2.05) is 13.8 Å². The van der Waals surface area contributed by atoms with E-state index < -0.39 is 17.5 Å². The maximum atomic E-state index is 12.2. The van der Waals surface area contributed by atoms with E-state index >= 15 is 0 Å². The molecule has 0 amide bonds. The van der Waals surface area contributed by atoms with Crippen LogP contribution in [0.15, 0.2) is 23.0 Å². The first kappa shape index (κ1) is 20.3. The van der Waals surface area contributed by atoms with Gasteiger partial charge in [-0.05, 0) is 55.1 Å². The van der Waals surface area contributed by atoms with Gasteiger partial charge in [0.05, 0.1) is 0 Å². The summed E-state index contributed by atoms with van der Waals surface area (Å²) in [5.41, 5.74) is 0.679. The lowest BCUT2D eigenvalue weighted by Gasteiger charge is -2.60. The molecular weight excluding hydrogens is 340 g/mol. The molecule has 4 unspecified atom stereocenters. The average Bonchev–Trinajstić information content (AvgIpc) is 2.98. The Bertz CT molecular complexity index is 701. The molecule has 1 heterocycles. The number of allylic oxidation sites excluding steroid dienone is 1. The summed E-state index contributed by atoms with van der Waals surface area (Å²) in [5.74, 6) is 0.497. The van der Waals surface area contributed by atoms with Crippen LogP contribution >= 0.6 is 0 Å². The van der Waals surface area contributed by atoms with Crippen LogP contribution < -0.4 is 0 Å². The smallest absolute Gasteiger partial charge is 0.198 e. The monoisotopic (exact) mass is 374 g/mol. The number of rotatable bonds is 1. The molecule has 4 nitrogen and oxygen atoms in total. The third-order valence-electron chi connectivity index (χ3n) is 7.56. The molecule has 0 bridgehead atoms. The number of aliphatic hydroxyl groups is 1. The Kier molecular flexibility index (Phi) is 5.17. The lowest BCUT2D eigenvalue weighted by molar-refractivity contribution is -0.161. The van der Waals surface area contributed by atoms with Crippen molar-refractivity contribution >= 4 is 12.1 Å². The average molecular weight is 375 g/mol. The van der Waals surface area contributed by atoms with Gasteiger partial charge in [-0.25, -0.2) is 0 Å². The molecule has 4 aliphatic rings. The number of ketones is 1. The molecule has 150 valence electrons. The summed E-state index contributed by atoms with van der Waals surface area (Å²) in [7, 11) is 0. The molecule has 2 fully saturated rings. The molecule has 0 aromatic rings. The second-order valence-electron chi connectivity index (χ2n) is 9.31. The number of hydrogen-bond donors (Lipinski definition) is 1. The molecule has 1 aliphatic heterocycles. The van der Waals surface area contributed by atoms with Crippen LogP contribution in [-0.2, 0) is 14.3 Å². The number of carbonyl (C=O) groups excluding carboxylic acids is 2. The SMILES string of the molecule is CC.CC1(C)CCCC2(C)C1CCCC21C=C2CC(O)C(=O)C(C=O)=C2O1. The molecule has 0 aromatic heterocycles. The maximum Gasteiger partial charge on any atom is 0.198 e. The van der Waals surface area contributed by atoms with Crippen molar-refractivity contribution in [2.24, 2.45) is 16.7 Å². The van der Waals surface area contributed by atoms with Gasteiger partial charge in [-0.2, -0.15) is 0 Å². The van der Waals surface area contributed by atoms with E-state index in [9.17, 15) is 14.7 Å². The Morgan fingerprint density at radius 1 is 1.15 bits per heavy atom. The van der Waals surface area contributed by atoms with Gasteiger partial charge in [0.15, 0.2) is 12.1 Å². The van der Waals surface area contributed by atoms with Crippen LogP contribution in [0.25, 0.3) is 0 Å². The van der Waals surface area contributed by atoms with Crippen LogP contribution in [0.5, 0.6) is 0 Å². The minimum atomic E-state index is -1.12. The van der Waals surface area contributed by atoms with Crippen molar-refractivity contribution in [3.05, 3.63) is 23.0 Å². The van der Waals surface area contributed by atoms with Crippen molar-refractivity contribution < 1.29 is 19.4 Å². The van der Waals surface area contributed by atoms with Crippen molar-refractivity contribution in [3.63, 3.8) is 0 Å². The highest BCUT2D eigenvalue weighted by molar-refractivity contribution is 6.15. The topological polar surface area (TPSA) is 63.6 Å². The minimum Gasteiger partial charge on any atom is -0.481 e. The summed E-state index contributed by atoms with van der Waals surface area (Å²) >= 11 is 0. The van der Waals surface area contributed by atoms with Crippen LogP contribution in [0, 0.1) is 16.7 Å². The second kappa shape index (κ2) is 6.88. The van der Waals surface area contributed by atoms with Gasteiger partial charge in [0.25, 0.3) is 0 Å². The van der Waals surface area contributed by atoms with Crippen molar-refractivity contribution in [1.29, 1.82) is 0 Å². The molecule has 1 N–H and O–H groups in total. The second-order valence-corrected chi connectivity index (χ2v) is 9.31. The largest absolute Gasteiger partial charge is 0.481 e. The van der Waals surface area contributed by atoms with E-state index in [0.29, 0.717) is 18.0 Å². The fourth-order valence-electron chi connectivity index (χ4n) is 6.30. The molecule has 0 aromatic carbocycles. The number of aldehydes is 1. The quantitative estimate of drug-likeness (QED) is 0.542. The minimum absolute atomic E-state index is 0.00760. The fraction of sp³-hybridized carbons (Fsp3) is 0.739. The highest BCUT2D eigenvalue weighted by Crippen LogP contribution is 2.65. The molecule has 0 saturated heterocycles. The van der Waals surface area contributed by atoms with E-state index in [0.717, 1.165) is 24.8 Å². The van der Waals surface area contributed by atoms with Crippen LogP contribution in [0.3, 0.4) is 0 Å². The van der Waals surface area contributed by atoms with Crippen molar-refractivity contribution in [3.8, 4) is 0 Å². The fourth-order valence-corrected chi connectivity index (χ4v) is 6.30. The Labute approximate surface area is 163 Å². The first-order valence-electron chi connectivity index (χ1n) is 10.6. The first-order valence-corrected chi connectivity index (χ1v) is 10.6. The Hall–Kier alpha value is -1.42. The zero-order valence-electron chi connectivity index (χ0n) is 17.4.